The molecule has 96 valence electrons. The molecule has 4 nitrogen and oxygen atoms in total. The third kappa shape index (κ3) is 2.57. The van der Waals surface area contributed by atoms with Gasteiger partial charge in [-0.25, -0.2) is 9.37 Å². The average molecular weight is 249 g/mol. The van der Waals surface area contributed by atoms with Gasteiger partial charge in [-0.2, -0.15) is 0 Å². The summed E-state index contributed by atoms with van der Waals surface area (Å²) >= 11 is 0. The molecule has 0 fully saturated rings. The maximum absolute atomic E-state index is 12.8. The first-order valence-corrected chi connectivity index (χ1v) is 5.69. The lowest BCUT2D eigenvalue weighted by molar-refractivity contribution is 0.300. The Morgan fingerprint density at radius 3 is 2.56 bits per heavy atom. The Labute approximate surface area is 105 Å². The number of hydrogen-bond donors (Lipinski definition) is 1. The van der Waals surface area contributed by atoms with Gasteiger partial charge in [0.1, 0.15) is 12.1 Å². The first kappa shape index (κ1) is 12.7. The summed E-state index contributed by atoms with van der Waals surface area (Å²) in [4.78, 5) is 6.37. The van der Waals surface area contributed by atoms with Gasteiger partial charge in [-0.1, -0.05) is 0 Å². The molecule has 1 atom stereocenters. The minimum atomic E-state index is -0.279. The molecule has 2 rings (SSSR count). The van der Waals surface area contributed by atoms with E-state index >= 15 is 0 Å². The predicted molar refractivity (Wildman–Crippen MR) is 67.4 cm³/mol. The molecule has 1 unspecified atom stereocenters. The Kier molecular flexibility index (Phi) is 3.74. The molecule has 2 N–H and O–H groups in total. The molecule has 0 amide bonds. The summed E-state index contributed by atoms with van der Waals surface area (Å²) in [6.45, 7) is 0.461. The SMILES string of the molecule is CN(C)C(CN)c1coc(-c2ccc(F)cc2)n1. The van der Waals surface area contributed by atoms with Crippen molar-refractivity contribution in [2.45, 2.75) is 6.04 Å². The van der Waals surface area contributed by atoms with Crippen molar-refractivity contribution < 1.29 is 8.81 Å². The molecule has 0 aliphatic rings. The summed E-state index contributed by atoms with van der Waals surface area (Å²) in [6, 6.07) is 6.05. The Balaban J connectivity index is 2.27. The van der Waals surface area contributed by atoms with Gasteiger partial charge in [0.15, 0.2) is 0 Å². The third-order valence-electron chi connectivity index (χ3n) is 2.80. The van der Waals surface area contributed by atoms with Crippen LogP contribution < -0.4 is 5.73 Å². The molecule has 1 aromatic heterocycles. The van der Waals surface area contributed by atoms with Crippen LogP contribution in [0.2, 0.25) is 0 Å². The van der Waals surface area contributed by atoms with E-state index in [2.05, 4.69) is 4.98 Å². The number of nitrogens with zero attached hydrogens (tertiary/aromatic N) is 2. The van der Waals surface area contributed by atoms with Crippen LogP contribution in [0.3, 0.4) is 0 Å². The van der Waals surface area contributed by atoms with Crippen molar-refractivity contribution >= 4 is 0 Å². The molecule has 1 aromatic carbocycles. The van der Waals surface area contributed by atoms with E-state index in [-0.39, 0.29) is 11.9 Å². The lowest BCUT2D eigenvalue weighted by Gasteiger charge is -2.19. The number of rotatable bonds is 4. The number of aromatic nitrogens is 1. The van der Waals surface area contributed by atoms with Gasteiger partial charge >= 0.3 is 0 Å². The van der Waals surface area contributed by atoms with Gasteiger partial charge in [0.25, 0.3) is 0 Å². The second-order valence-corrected chi connectivity index (χ2v) is 4.30. The van der Waals surface area contributed by atoms with E-state index < -0.39 is 0 Å². The van der Waals surface area contributed by atoms with Crippen LogP contribution in [0.1, 0.15) is 11.7 Å². The van der Waals surface area contributed by atoms with Crippen LogP contribution in [0.5, 0.6) is 0 Å². The van der Waals surface area contributed by atoms with E-state index in [0.29, 0.717) is 12.4 Å². The van der Waals surface area contributed by atoms with Gasteiger partial charge in [-0.15, -0.1) is 0 Å². The van der Waals surface area contributed by atoms with Crippen LogP contribution in [-0.4, -0.2) is 30.5 Å². The van der Waals surface area contributed by atoms with Crippen molar-refractivity contribution in [1.29, 1.82) is 0 Å². The van der Waals surface area contributed by atoms with Gasteiger partial charge in [0.05, 0.1) is 11.7 Å². The van der Waals surface area contributed by atoms with Crippen molar-refractivity contribution in [2.24, 2.45) is 5.73 Å². The Bertz CT molecular complexity index is 507. The number of benzene rings is 1. The fourth-order valence-electron chi connectivity index (χ4n) is 1.76. The summed E-state index contributed by atoms with van der Waals surface area (Å²) in [6.07, 6.45) is 1.59. The second-order valence-electron chi connectivity index (χ2n) is 4.30. The smallest absolute Gasteiger partial charge is 0.226 e. The monoisotopic (exact) mass is 249 g/mol. The van der Waals surface area contributed by atoms with Gasteiger partial charge in [0.2, 0.25) is 5.89 Å². The quantitative estimate of drug-likeness (QED) is 0.901. The summed E-state index contributed by atoms with van der Waals surface area (Å²) in [5, 5.41) is 0. The fourth-order valence-corrected chi connectivity index (χ4v) is 1.76. The van der Waals surface area contributed by atoms with E-state index in [0.717, 1.165) is 11.3 Å². The highest BCUT2D eigenvalue weighted by atomic mass is 19.1. The molecule has 18 heavy (non-hydrogen) atoms. The highest BCUT2D eigenvalue weighted by Crippen LogP contribution is 2.23. The minimum absolute atomic E-state index is 0.0166. The topological polar surface area (TPSA) is 55.3 Å². The summed E-state index contributed by atoms with van der Waals surface area (Å²) in [5.74, 6) is 0.198. The summed E-state index contributed by atoms with van der Waals surface area (Å²) in [5.41, 5.74) is 7.23. The number of oxazole rings is 1. The molecule has 0 saturated carbocycles. The molecule has 0 bridgehead atoms. The summed E-state index contributed by atoms with van der Waals surface area (Å²) in [7, 11) is 3.87. The Morgan fingerprint density at radius 2 is 2.00 bits per heavy atom. The number of halogens is 1. The number of likely N-dealkylation sites (N-methyl/N-ethyl adjacent to an activating group) is 1. The number of hydrogen-bond acceptors (Lipinski definition) is 4. The first-order chi connectivity index (χ1) is 8.61. The standard InChI is InChI=1S/C13H16FN3O/c1-17(2)12(7-15)11-8-18-13(16-11)9-3-5-10(14)6-4-9/h3-6,8,12H,7,15H2,1-2H3. The zero-order valence-electron chi connectivity index (χ0n) is 10.4. The van der Waals surface area contributed by atoms with Crippen molar-refractivity contribution in [3.63, 3.8) is 0 Å². The highest BCUT2D eigenvalue weighted by molar-refractivity contribution is 5.52. The molecule has 0 saturated heterocycles. The molecule has 0 spiro atoms. The van der Waals surface area contributed by atoms with Crippen LogP contribution in [0, 0.1) is 5.82 Å². The molecule has 5 heteroatoms. The van der Waals surface area contributed by atoms with Crippen LogP contribution in [0.4, 0.5) is 4.39 Å². The molecule has 0 aliphatic carbocycles. The lowest BCUT2D eigenvalue weighted by Crippen LogP contribution is -2.27. The molecular formula is C13H16FN3O. The minimum Gasteiger partial charge on any atom is -0.444 e. The van der Waals surface area contributed by atoms with E-state index in [1.807, 2.05) is 19.0 Å². The third-order valence-corrected chi connectivity index (χ3v) is 2.80. The van der Waals surface area contributed by atoms with E-state index in [1.54, 1.807) is 18.4 Å². The van der Waals surface area contributed by atoms with Crippen LogP contribution >= 0.6 is 0 Å². The van der Waals surface area contributed by atoms with Crippen LogP contribution in [0.25, 0.3) is 11.5 Å². The average Bonchev–Trinajstić information content (AvgIpc) is 2.80. The first-order valence-electron chi connectivity index (χ1n) is 5.69. The maximum atomic E-state index is 12.8. The van der Waals surface area contributed by atoms with Crippen molar-refractivity contribution in [3.05, 3.63) is 42.0 Å². The van der Waals surface area contributed by atoms with Crippen LogP contribution in [-0.2, 0) is 0 Å². The highest BCUT2D eigenvalue weighted by Gasteiger charge is 2.17. The molecular weight excluding hydrogens is 233 g/mol. The van der Waals surface area contributed by atoms with E-state index in [9.17, 15) is 4.39 Å². The zero-order chi connectivity index (χ0) is 13.1. The molecule has 2 aromatic rings. The predicted octanol–water partition coefficient (Wildman–Crippen LogP) is 2.04. The van der Waals surface area contributed by atoms with E-state index in [4.69, 9.17) is 10.2 Å². The fraction of sp³-hybridized carbons (Fsp3) is 0.308. The van der Waals surface area contributed by atoms with Gasteiger partial charge in [-0.3, -0.25) is 4.90 Å². The molecule has 1 heterocycles. The summed E-state index contributed by atoms with van der Waals surface area (Å²) < 4.78 is 18.2. The largest absolute Gasteiger partial charge is 0.444 e. The van der Waals surface area contributed by atoms with Gasteiger partial charge < -0.3 is 10.2 Å². The van der Waals surface area contributed by atoms with Crippen molar-refractivity contribution in [1.82, 2.24) is 9.88 Å². The maximum Gasteiger partial charge on any atom is 0.226 e. The Hall–Kier alpha value is -1.72. The normalized spacial score (nSPS) is 12.9. The van der Waals surface area contributed by atoms with Crippen LogP contribution in [0.15, 0.2) is 34.9 Å². The van der Waals surface area contributed by atoms with Gasteiger partial charge in [0, 0.05) is 12.1 Å². The molecule has 0 aliphatic heterocycles. The van der Waals surface area contributed by atoms with E-state index in [1.165, 1.54) is 12.1 Å². The van der Waals surface area contributed by atoms with Crippen molar-refractivity contribution in [3.8, 4) is 11.5 Å². The zero-order valence-corrected chi connectivity index (χ0v) is 10.4. The molecule has 0 radical (unpaired) electrons. The van der Waals surface area contributed by atoms with Gasteiger partial charge in [-0.05, 0) is 38.4 Å². The van der Waals surface area contributed by atoms with Crippen molar-refractivity contribution in [2.75, 3.05) is 20.6 Å². The lowest BCUT2D eigenvalue weighted by atomic mass is 10.2. The Morgan fingerprint density at radius 1 is 1.33 bits per heavy atom. The number of nitrogens with two attached hydrogens (primary N) is 1. The second kappa shape index (κ2) is 5.29.